The van der Waals surface area contributed by atoms with Crippen LogP contribution >= 0.6 is 22.6 Å². The Balaban J connectivity index is 1.88. The molecule has 2 unspecified atom stereocenters. The Kier molecular flexibility index (Phi) is 5.42. The molecule has 8 heteroatoms. The molecule has 7 nitrogen and oxygen atoms in total. The highest BCUT2D eigenvalue weighted by Crippen LogP contribution is 2.69. The quantitative estimate of drug-likeness (QED) is 0.319. The molecule has 4 aliphatic carbocycles. The molecular formula is C21H33IO7. The molecule has 29 heavy (non-hydrogen) atoms. The second-order valence-corrected chi connectivity index (χ2v) is 13.7. The average Bonchev–Trinajstić information content (AvgIpc) is 2.38. The van der Waals surface area contributed by atoms with E-state index in [-0.39, 0.29) is 10.0 Å². The summed E-state index contributed by atoms with van der Waals surface area (Å²) in [6.45, 7) is 10.7. The van der Waals surface area contributed by atoms with E-state index >= 15 is 0 Å². The van der Waals surface area contributed by atoms with Gasteiger partial charge in [0.2, 0.25) is 0 Å². The molecule has 0 saturated heterocycles. The highest BCUT2D eigenvalue weighted by Gasteiger charge is 2.71. The predicted molar refractivity (Wildman–Crippen MR) is 114 cm³/mol. The van der Waals surface area contributed by atoms with Crippen LogP contribution in [0.25, 0.3) is 0 Å². The molecule has 0 heterocycles. The van der Waals surface area contributed by atoms with Gasteiger partial charge in [0.25, 0.3) is 0 Å². The summed E-state index contributed by atoms with van der Waals surface area (Å²) >= 11 is 2.39. The lowest BCUT2D eigenvalue weighted by atomic mass is 9.46. The van der Waals surface area contributed by atoms with Gasteiger partial charge in [0, 0.05) is 34.7 Å². The van der Waals surface area contributed by atoms with Crippen LogP contribution < -0.4 is 0 Å². The zero-order valence-electron chi connectivity index (χ0n) is 18.2. The van der Waals surface area contributed by atoms with Gasteiger partial charge in [0.05, 0.1) is 0 Å². The van der Waals surface area contributed by atoms with Crippen LogP contribution in [0, 0.1) is 5.41 Å². The standard InChI is InChI=1S/C21H33IO7/c1-16(2,3)26-14(24)28-20-8-18(13-23)7-19(22,10-20)11-21(9-18,12-20)29-15(25)27-17(4,5)6/h23H,7-13H2,1-6H3. The summed E-state index contributed by atoms with van der Waals surface area (Å²) in [5.41, 5.74) is -3.45. The second kappa shape index (κ2) is 6.87. The average molecular weight is 524 g/mol. The van der Waals surface area contributed by atoms with Gasteiger partial charge in [-0.3, -0.25) is 0 Å². The maximum absolute atomic E-state index is 12.5. The van der Waals surface area contributed by atoms with Gasteiger partial charge in [-0.1, -0.05) is 22.6 Å². The molecule has 4 fully saturated rings. The van der Waals surface area contributed by atoms with E-state index in [1.54, 1.807) is 41.5 Å². The van der Waals surface area contributed by atoms with Gasteiger partial charge in [0.15, 0.2) is 0 Å². The molecule has 0 aromatic carbocycles. The van der Waals surface area contributed by atoms with E-state index < -0.39 is 40.1 Å². The van der Waals surface area contributed by atoms with Gasteiger partial charge in [-0.2, -0.15) is 0 Å². The van der Waals surface area contributed by atoms with Crippen molar-refractivity contribution in [3.8, 4) is 0 Å². The van der Waals surface area contributed by atoms with Crippen molar-refractivity contribution in [2.45, 2.75) is 106 Å². The third-order valence-corrected chi connectivity index (χ3v) is 6.87. The summed E-state index contributed by atoms with van der Waals surface area (Å²) in [5, 5.41) is 10.3. The Morgan fingerprint density at radius 1 is 0.793 bits per heavy atom. The van der Waals surface area contributed by atoms with Crippen molar-refractivity contribution in [1.82, 2.24) is 0 Å². The molecule has 0 amide bonds. The van der Waals surface area contributed by atoms with E-state index in [4.69, 9.17) is 18.9 Å². The lowest BCUT2D eigenvalue weighted by Crippen LogP contribution is -2.70. The fraction of sp³-hybridized carbons (Fsp3) is 0.905. The molecule has 2 atom stereocenters. The van der Waals surface area contributed by atoms with Crippen LogP contribution in [0.2, 0.25) is 0 Å². The van der Waals surface area contributed by atoms with E-state index in [1.165, 1.54) is 0 Å². The van der Waals surface area contributed by atoms with E-state index in [2.05, 4.69) is 22.6 Å². The highest BCUT2D eigenvalue weighted by molar-refractivity contribution is 14.1. The minimum absolute atomic E-state index is 0.0450. The molecule has 4 saturated carbocycles. The summed E-state index contributed by atoms with van der Waals surface area (Å²) in [7, 11) is 0. The normalized spacial score (nSPS) is 38.5. The molecule has 0 spiro atoms. The smallest absolute Gasteiger partial charge is 0.429 e. The van der Waals surface area contributed by atoms with Crippen molar-refractivity contribution in [1.29, 1.82) is 0 Å². The summed E-state index contributed by atoms with van der Waals surface area (Å²) in [5.74, 6) is 0. The first-order valence-corrected chi connectivity index (χ1v) is 11.2. The van der Waals surface area contributed by atoms with Gasteiger partial charge in [-0.15, -0.1) is 0 Å². The Morgan fingerprint density at radius 3 is 1.55 bits per heavy atom. The molecule has 0 aliphatic heterocycles. The Morgan fingerprint density at radius 2 is 1.21 bits per heavy atom. The molecule has 0 radical (unpaired) electrons. The van der Waals surface area contributed by atoms with Gasteiger partial charge in [0.1, 0.15) is 22.4 Å². The maximum Gasteiger partial charge on any atom is 0.509 e. The number of hydrogen-bond acceptors (Lipinski definition) is 7. The number of carbonyl (C=O) groups excluding carboxylic acids is 2. The molecule has 1 N–H and O–H groups in total. The summed E-state index contributed by atoms with van der Waals surface area (Å²) in [6.07, 6.45) is 2.14. The largest absolute Gasteiger partial charge is 0.509 e. The summed E-state index contributed by atoms with van der Waals surface area (Å²) in [6, 6.07) is 0. The van der Waals surface area contributed by atoms with Gasteiger partial charge >= 0.3 is 12.3 Å². The number of carbonyl (C=O) groups is 2. The van der Waals surface area contributed by atoms with E-state index in [0.717, 1.165) is 6.42 Å². The van der Waals surface area contributed by atoms with Crippen molar-refractivity contribution < 1.29 is 33.6 Å². The molecule has 0 aromatic rings. The van der Waals surface area contributed by atoms with Gasteiger partial charge < -0.3 is 24.1 Å². The van der Waals surface area contributed by atoms with Crippen LogP contribution in [-0.2, 0) is 18.9 Å². The number of alkyl halides is 1. The van der Waals surface area contributed by atoms with E-state index in [9.17, 15) is 14.7 Å². The summed E-state index contributed by atoms with van der Waals surface area (Å²) in [4.78, 5) is 25.0. The zero-order valence-corrected chi connectivity index (χ0v) is 20.4. The zero-order chi connectivity index (χ0) is 21.9. The monoisotopic (exact) mass is 524 g/mol. The van der Waals surface area contributed by atoms with E-state index in [1.807, 2.05) is 0 Å². The van der Waals surface area contributed by atoms with Crippen LogP contribution in [0.15, 0.2) is 0 Å². The molecule has 166 valence electrons. The van der Waals surface area contributed by atoms with Gasteiger partial charge in [-0.25, -0.2) is 9.59 Å². The molecule has 4 aliphatic rings. The lowest BCUT2D eigenvalue weighted by Gasteiger charge is -2.66. The van der Waals surface area contributed by atoms with Crippen LogP contribution in [0.3, 0.4) is 0 Å². The fourth-order valence-corrected chi connectivity index (χ4v) is 8.01. The Bertz CT molecular complexity index is 644. The van der Waals surface area contributed by atoms with Crippen molar-refractivity contribution in [2.24, 2.45) is 5.41 Å². The third kappa shape index (κ3) is 5.11. The first-order valence-electron chi connectivity index (χ1n) is 10.1. The van der Waals surface area contributed by atoms with Gasteiger partial charge in [-0.05, 0) is 60.8 Å². The number of halogens is 1. The SMILES string of the molecule is CC(C)(C)OC(=O)OC12CC3(I)CC(CO)(C1)CC(OC(=O)OC(C)(C)C)(C3)C2. The Labute approximate surface area is 186 Å². The second-order valence-electron chi connectivity index (χ2n) is 11.4. The minimum Gasteiger partial charge on any atom is -0.429 e. The van der Waals surface area contributed by atoms with Crippen LogP contribution in [0.4, 0.5) is 9.59 Å². The third-order valence-electron chi connectivity index (χ3n) is 5.72. The predicted octanol–water partition coefficient (Wildman–Crippen LogP) is 4.90. The maximum atomic E-state index is 12.5. The lowest BCUT2D eigenvalue weighted by molar-refractivity contribution is -0.237. The number of ether oxygens (including phenoxy) is 4. The number of hydrogen-bond donors (Lipinski definition) is 1. The van der Waals surface area contributed by atoms with Crippen molar-refractivity contribution in [3.63, 3.8) is 0 Å². The van der Waals surface area contributed by atoms with Crippen LogP contribution in [0.1, 0.15) is 80.1 Å². The number of aliphatic hydroxyl groups is 1. The van der Waals surface area contributed by atoms with Crippen LogP contribution in [-0.4, -0.2) is 49.9 Å². The number of aliphatic hydroxyl groups excluding tert-OH is 1. The van der Waals surface area contributed by atoms with Crippen molar-refractivity contribution in [3.05, 3.63) is 0 Å². The molecule has 4 rings (SSSR count). The first kappa shape index (κ1) is 22.9. The molecule has 4 bridgehead atoms. The highest BCUT2D eigenvalue weighted by atomic mass is 127. The minimum atomic E-state index is -0.830. The first-order chi connectivity index (χ1) is 13.0. The van der Waals surface area contributed by atoms with Crippen molar-refractivity contribution in [2.75, 3.05) is 6.61 Å². The van der Waals surface area contributed by atoms with Crippen LogP contribution in [0.5, 0.6) is 0 Å². The topological polar surface area (TPSA) is 91.3 Å². The summed E-state index contributed by atoms with van der Waals surface area (Å²) < 4.78 is 22.4. The Hall–Kier alpha value is -0.770. The molecular weight excluding hydrogens is 491 g/mol. The number of rotatable bonds is 3. The van der Waals surface area contributed by atoms with E-state index in [0.29, 0.717) is 32.1 Å². The molecule has 0 aromatic heterocycles. The fourth-order valence-electron chi connectivity index (χ4n) is 5.81. The van der Waals surface area contributed by atoms with Crippen molar-refractivity contribution >= 4 is 34.9 Å².